The zero-order chi connectivity index (χ0) is 15.1. The second-order valence-electron chi connectivity index (χ2n) is 4.42. The molecule has 4 nitrogen and oxygen atoms in total. The van der Waals surface area contributed by atoms with E-state index in [4.69, 9.17) is 10.5 Å². The Bertz CT molecular complexity index is 651. The summed E-state index contributed by atoms with van der Waals surface area (Å²) in [4.78, 5) is 11.9. The first-order valence-corrected chi connectivity index (χ1v) is 6.75. The minimum atomic E-state index is -0.218. The molecule has 0 spiro atoms. The normalized spacial score (nSPS) is 10.5. The van der Waals surface area contributed by atoms with Crippen LogP contribution in [0.15, 0.2) is 54.6 Å². The number of carbonyl (C=O) groups is 1. The first kappa shape index (κ1) is 14.7. The molecular weight excluding hydrogens is 264 g/mol. The van der Waals surface area contributed by atoms with E-state index in [1.807, 2.05) is 37.3 Å². The number of anilines is 2. The van der Waals surface area contributed by atoms with E-state index in [2.05, 4.69) is 5.32 Å². The predicted octanol–water partition coefficient (Wildman–Crippen LogP) is 3.32. The van der Waals surface area contributed by atoms with Crippen LogP contribution >= 0.6 is 0 Å². The fraction of sp³-hybridized carbons (Fsp3) is 0.118. The van der Waals surface area contributed by atoms with Gasteiger partial charge in [0, 0.05) is 11.8 Å². The highest BCUT2D eigenvalue weighted by atomic mass is 16.5. The molecule has 2 rings (SSSR count). The molecule has 0 radical (unpaired) electrons. The molecule has 0 aliphatic carbocycles. The molecule has 1 amide bonds. The highest BCUT2D eigenvalue weighted by Gasteiger charge is 2.04. The molecule has 4 heteroatoms. The lowest BCUT2D eigenvalue weighted by Crippen LogP contribution is -2.09. The largest absolute Gasteiger partial charge is 0.492 e. The Morgan fingerprint density at radius 3 is 2.81 bits per heavy atom. The van der Waals surface area contributed by atoms with E-state index in [1.54, 1.807) is 24.3 Å². The molecule has 0 atom stereocenters. The molecule has 108 valence electrons. The number of ether oxygens (including phenoxy) is 1. The van der Waals surface area contributed by atoms with Crippen molar-refractivity contribution in [3.63, 3.8) is 0 Å². The Morgan fingerprint density at radius 2 is 2.05 bits per heavy atom. The van der Waals surface area contributed by atoms with Crippen LogP contribution in [0.5, 0.6) is 5.75 Å². The summed E-state index contributed by atoms with van der Waals surface area (Å²) in [6.07, 6.45) is 3.19. The SMILES string of the molecule is CCOc1ccccc1NC(=O)/C=C/c1cccc(N)c1. The maximum Gasteiger partial charge on any atom is 0.248 e. The zero-order valence-corrected chi connectivity index (χ0v) is 11.9. The molecule has 0 fully saturated rings. The summed E-state index contributed by atoms with van der Waals surface area (Å²) in [5.41, 5.74) is 7.89. The minimum Gasteiger partial charge on any atom is -0.492 e. The van der Waals surface area contributed by atoms with Gasteiger partial charge in [-0.3, -0.25) is 4.79 Å². The van der Waals surface area contributed by atoms with E-state index in [0.717, 1.165) is 5.56 Å². The smallest absolute Gasteiger partial charge is 0.248 e. The Labute approximate surface area is 124 Å². The summed E-state index contributed by atoms with van der Waals surface area (Å²) in [5.74, 6) is 0.440. The topological polar surface area (TPSA) is 64.3 Å². The third-order valence-electron chi connectivity index (χ3n) is 2.78. The summed E-state index contributed by atoms with van der Waals surface area (Å²) < 4.78 is 5.46. The predicted molar refractivity (Wildman–Crippen MR) is 86.1 cm³/mol. The van der Waals surface area contributed by atoms with Crippen molar-refractivity contribution < 1.29 is 9.53 Å². The number of nitrogen functional groups attached to an aromatic ring is 1. The number of amides is 1. The number of hydrogen-bond donors (Lipinski definition) is 2. The van der Waals surface area contributed by atoms with Crippen molar-refractivity contribution in [3.8, 4) is 5.75 Å². The van der Waals surface area contributed by atoms with Crippen molar-refractivity contribution in [1.29, 1.82) is 0 Å². The van der Waals surface area contributed by atoms with Crippen molar-refractivity contribution in [1.82, 2.24) is 0 Å². The molecule has 0 aliphatic rings. The number of nitrogens with two attached hydrogens (primary N) is 1. The summed E-state index contributed by atoms with van der Waals surface area (Å²) >= 11 is 0. The summed E-state index contributed by atoms with van der Waals surface area (Å²) in [6, 6.07) is 14.7. The number of rotatable bonds is 5. The van der Waals surface area contributed by atoms with Gasteiger partial charge in [0.15, 0.2) is 0 Å². The van der Waals surface area contributed by atoms with Gasteiger partial charge in [-0.05, 0) is 42.8 Å². The van der Waals surface area contributed by atoms with E-state index < -0.39 is 0 Å². The summed E-state index contributed by atoms with van der Waals surface area (Å²) in [5, 5.41) is 2.80. The van der Waals surface area contributed by atoms with Crippen molar-refractivity contribution in [2.24, 2.45) is 0 Å². The molecule has 0 aromatic heterocycles. The van der Waals surface area contributed by atoms with Gasteiger partial charge in [0.1, 0.15) is 5.75 Å². The maximum atomic E-state index is 11.9. The Hall–Kier alpha value is -2.75. The number of hydrogen-bond acceptors (Lipinski definition) is 3. The molecule has 0 heterocycles. The van der Waals surface area contributed by atoms with Crippen LogP contribution in [0, 0.1) is 0 Å². The molecule has 0 aliphatic heterocycles. The third-order valence-corrected chi connectivity index (χ3v) is 2.78. The quantitative estimate of drug-likeness (QED) is 0.653. The number of carbonyl (C=O) groups excluding carboxylic acids is 1. The zero-order valence-electron chi connectivity index (χ0n) is 11.9. The van der Waals surface area contributed by atoms with Gasteiger partial charge >= 0.3 is 0 Å². The van der Waals surface area contributed by atoms with Crippen molar-refractivity contribution in [2.45, 2.75) is 6.92 Å². The minimum absolute atomic E-state index is 0.218. The first-order valence-electron chi connectivity index (χ1n) is 6.75. The van der Waals surface area contributed by atoms with Gasteiger partial charge < -0.3 is 15.8 Å². The van der Waals surface area contributed by atoms with Crippen molar-refractivity contribution in [2.75, 3.05) is 17.7 Å². The van der Waals surface area contributed by atoms with Crippen LogP contribution < -0.4 is 15.8 Å². The molecular formula is C17H18N2O2. The number of nitrogens with one attached hydrogen (secondary N) is 1. The molecule has 0 unspecified atom stereocenters. The molecule has 0 saturated heterocycles. The molecule has 2 aromatic rings. The van der Waals surface area contributed by atoms with E-state index in [1.165, 1.54) is 6.08 Å². The summed E-state index contributed by atoms with van der Waals surface area (Å²) in [6.45, 7) is 2.45. The van der Waals surface area contributed by atoms with Gasteiger partial charge in [-0.2, -0.15) is 0 Å². The fourth-order valence-corrected chi connectivity index (χ4v) is 1.86. The number of benzene rings is 2. The third kappa shape index (κ3) is 4.38. The van der Waals surface area contributed by atoms with Crippen molar-refractivity contribution in [3.05, 3.63) is 60.2 Å². The van der Waals surface area contributed by atoms with Crippen LogP contribution in [-0.4, -0.2) is 12.5 Å². The summed E-state index contributed by atoms with van der Waals surface area (Å²) in [7, 11) is 0. The van der Waals surface area contributed by atoms with E-state index in [0.29, 0.717) is 23.7 Å². The molecule has 2 aromatic carbocycles. The highest BCUT2D eigenvalue weighted by Crippen LogP contribution is 2.23. The monoisotopic (exact) mass is 282 g/mol. The highest BCUT2D eigenvalue weighted by molar-refractivity contribution is 6.02. The average Bonchev–Trinajstić information content (AvgIpc) is 2.48. The van der Waals surface area contributed by atoms with Gasteiger partial charge in [-0.15, -0.1) is 0 Å². The Kier molecular flexibility index (Phi) is 4.99. The van der Waals surface area contributed by atoms with Gasteiger partial charge in [-0.1, -0.05) is 24.3 Å². The standard InChI is InChI=1S/C17H18N2O2/c1-2-21-16-9-4-3-8-15(16)19-17(20)11-10-13-6-5-7-14(18)12-13/h3-12H,2,18H2,1H3,(H,19,20)/b11-10+. The molecule has 0 bridgehead atoms. The maximum absolute atomic E-state index is 11.9. The van der Waals surface area contributed by atoms with Gasteiger partial charge in [0.2, 0.25) is 5.91 Å². The first-order chi connectivity index (χ1) is 10.2. The fourth-order valence-electron chi connectivity index (χ4n) is 1.86. The molecule has 3 N–H and O–H groups in total. The lowest BCUT2D eigenvalue weighted by molar-refractivity contribution is -0.111. The Morgan fingerprint density at radius 1 is 1.24 bits per heavy atom. The van der Waals surface area contributed by atoms with E-state index >= 15 is 0 Å². The average molecular weight is 282 g/mol. The van der Waals surface area contributed by atoms with Crippen LogP contribution in [-0.2, 0) is 4.79 Å². The van der Waals surface area contributed by atoms with Crippen LogP contribution in [0.1, 0.15) is 12.5 Å². The lowest BCUT2D eigenvalue weighted by atomic mass is 10.2. The molecule has 21 heavy (non-hydrogen) atoms. The van der Waals surface area contributed by atoms with E-state index in [-0.39, 0.29) is 5.91 Å². The lowest BCUT2D eigenvalue weighted by Gasteiger charge is -2.09. The van der Waals surface area contributed by atoms with Gasteiger partial charge in [-0.25, -0.2) is 0 Å². The van der Waals surface area contributed by atoms with Crippen LogP contribution in [0.3, 0.4) is 0 Å². The van der Waals surface area contributed by atoms with Crippen LogP contribution in [0.4, 0.5) is 11.4 Å². The van der Waals surface area contributed by atoms with Crippen molar-refractivity contribution >= 4 is 23.4 Å². The van der Waals surface area contributed by atoms with Gasteiger partial charge in [0.25, 0.3) is 0 Å². The van der Waals surface area contributed by atoms with Crippen LogP contribution in [0.25, 0.3) is 6.08 Å². The second kappa shape index (κ2) is 7.14. The van der Waals surface area contributed by atoms with Crippen LogP contribution in [0.2, 0.25) is 0 Å². The second-order valence-corrected chi connectivity index (χ2v) is 4.42. The van der Waals surface area contributed by atoms with Gasteiger partial charge in [0.05, 0.1) is 12.3 Å². The Balaban J connectivity index is 2.05. The van der Waals surface area contributed by atoms with E-state index in [9.17, 15) is 4.79 Å². The molecule has 0 saturated carbocycles. The number of para-hydroxylation sites is 2.